The Morgan fingerprint density at radius 2 is 2.27 bits per heavy atom. The van der Waals surface area contributed by atoms with Crippen molar-refractivity contribution in [3.8, 4) is 0 Å². The Labute approximate surface area is 96.8 Å². The van der Waals surface area contributed by atoms with Crippen molar-refractivity contribution in [1.82, 2.24) is 10.6 Å². The zero-order valence-electron chi connectivity index (χ0n) is 9.71. The van der Waals surface area contributed by atoms with Gasteiger partial charge >= 0.3 is 0 Å². The minimum Gasteiger partial charge on any atom is -0.353 e. The van der Waals surface area contributed by atoms with Gasteiger partial charge in [-0.2, -0.15) is 11.8 Å². The molecule has 4 heteroatoms. The number of nitrogens with one attached hydrogen (secondary N) is 2. The summed E-state index contributed by atoms with van der Waals surface area (Å²) in [5, 5.41) is 6.81. The van der Waals surface area contributed by atoms with E-state index in [1.807, 2.05) is 25.6 Å². The molecule has 0 aromatic carbocycles. The summed E-state index contributed by atoms with van der Waals surface area (Å²) < 4.78 is 0. The first kappa shape index (κ1) is 12.8. The summed E-state index contributed by atoms with van der Waals surface area (Å²) in [7, 11) is 0. The molecule has 0 saturated carbocycles. The maximum atomic E-state index is 11.3. The molecule has 0 radical (unpaired) electrons. The van der Waals surface area contributed by atoms with Crippen molar-refractivity contribution in [3.05, 3.63) is 0 Å². The van der Waals surface area contributed by atoms with Crippen LogP contribution in [0.5, 0.6) is 0 Å². The Morgan fingerprint density at radius 1 is 1.47 bits per heavy atom. The van der Waals surface area contributed by atoms with Crippen LogP contribution in [0.25, 0.3) is 0 Å². The number of carbonyl (C=O) groups is 1. The van der Waals surface area contributed by atoms with Gasteiger partial charge < -0.3 is 10.6 Å². The Bertz CT molecular complexity index is 191. The SMILES string of the molecule is CC(C)NC(=O)CNCC1CCCCS1. The molecule has 88 valence electrons. The molecule has 1 atom stereocenters. The van der Waals surface area contributed by atoms with Gasteiger partial charge in [-0.1, -0.05) is 6.42 Å². The fraction of sp³-hybridized carbons (Fsp3) is 0.909. The Kier molecular flexibility index (Phi) is 6.10. The molecule has 0 aromatic rings. The van der Waals surface area contributed by atoms with E-state index in [-0.39, 0.29) is 11.9 Å². The minimum absolute atomic E-state index is 0.103. The van der Waals surface area contributed by atoms with Crippen LogP contribution in [0.15, 0.2) is 0 Å². The molecule has 0 spiro atoms. The Hall–Kier alpha value is -0.220. The smallest absolute Gasteiger partial charge is 0.234 e. The van der Waals surface area contributed by atoms with Crippen LogP contribution in [0.1, 0.15) is 33.1 Å². The third-order valence-electron chi connectivity index (χ3n) is 2.38. The van der Waals surface area contributed by atoms with Crippen molar-refractivity contribution in [3.63, 3.8) is 0 Å². The molecule has 1 unspecified atom stereocenters. The summed E-state index contributed by atoms with van der Waals surface area (Å²) in [6.07, 6.45) is 4.00. The summed E-state index contributed by atoms with van der Waals surface area (Å²) >= 11 is 2.03. The molecule has 15 heavy (non-hydrogen) atoms. The number of hydrogen-bond acceptors (Lipinski definition) is 3. The van der Waals surface area contributed by atoms with E-state index in [1.54, 1.807) is 0 Å². The quantitative estimate of drug-likeness (QED) is 0.750. The van der Waals surface area contributed by atoms with E-state index in [4.69, 9.17) is 0 Å². The fourth-order valence-corrected chi connectivity index (χ4v) is 2.96. The van der Waals surface area contributed by atoms with Crippen molar-refractivity contribution < 1.29 is 4.79 Å². The predicted octanol–water partition coefficient (Wildman–Crippen LogP) is 1.39. The van der Waals surface area contributed by atoms with E-state index >= 15 is 0 Å². The van der Waals surface area contributed by atoms with Gasteiger partial charge in [0, 0.05) is 17.8 Å². The average molecular weight is 230 g/mol. The number of thioether (sulfide) groups is 1. The van der Waals surface area contributed by atoms with Gasteiger partial charge in [0.1, 0.15) is 0 Å². The monoisotopic (exact) mass is 230 g/mol. The summed E-state index contributed by atoms with van der Waals surface area (Å²) in [4.78, 5) is 11.3. The normalized spacial score (nSPS) is 21.7. The largest absolute Gasteiger partial charge is 0.353 e. The van der Waals surface area contributed by atoms with E-state index in [0.717, 1.165) is 6.54 Å². The summed E-state index contributed by atoms with van der Waals surface area (Å²) in [6.45, 7) is 5.38. The first-order valence-corrected chi connectivity index (χ1v) is 6.85. The standard InChI is InChI=1S/C11H22N2OS/c1-9(2)13-11(14)8-12-7-10-5-3-4-6-15-10/h9-10,12H,3-8H2,1-2H3,(H,13,14). The molecule has 0 bridgehead atoms. The molecule has 1 amide bonds. The second-order valence-corrected chi connectivity index (χ2v) is 5.75. The molecule has 0 aliphatic carbocycles. The molecule has 1 rings (SSSR count). The molecule has 1 fully saturated rings. The molecule has 1 saturated heterocycles. The van der Waals surface area contributed by atoms with Gasteiger partial charge in [-0.3, -0.25) is 4.79 Å². The lowest BCUT2D eigenvalue weighted by atomic mass is 10.2. The van der Waals surface area contributed by atoms with Gasteiger partial charge in [-0.25, -0.2) is 0 Å². The summed E-state index contributed by atoms with van der Waals surface area (Å²) in [6, 6.07) is 0.239. The topological polar surface area (TPSA) is 41.1 Å². The maximum absolute atomic E-state index is 11.3. The van der Waals surface area contributed by atoms with Gasteiger partial charge in [0.05, 0.1) is 6.54 Å². The lowest BCUT2D eigenvalue weighted by Crippen LogP contribution is -2.39. The highest BCUT2D eigenvalue weighted by atomic mass is 32.2. The van der Waals surface area contributed by atoms with Crippen molar-refractivity contribution in [2.45, 2.75) is 44.4 Å². The first-order chi connectivity index (χ1) is 7.18. The molecule has 0 aromatic heterocycles. The van der Waals surface area contributed by atoms with E-state index in [0.29, 0.717) is 11.8 Å². The van der Waals surface area contributed by atoms with Crippen LogP contribution < -0.4 is 10.6 Å². The third-order valence-corrected chi connectivity index (χ3v) is 3.78. The van der Waals surface area contributed by atoms with Crippen LogP contribution in [0.3, 0.4) is 0 Å². The molecule has 2 N–H and O–H groups in total. The zero-order valence-corrected chi connectivity index (χ0v) is 10.5. The zero-order chi connectivity index (χ0) is 11.1. The number of hydrogen-bond donors (Lipinski definition) is 2. The van der Waals surface area contributed by atoms with Gasteiger partial charge in [0.25, 0.3) is 0 Å². The molecule has 3 nitrogen and oxygen atoms in total. The van der Waals surface area contributed by atoms with Gasteiger partial charge in [0.2, 0.25) is 5.91 Å². The number of amides is 1. The lowest BCUT2D eigenvalue weighted by Gasteiger charge is -2.21. The lowest BCUT2D eigenvalue weighted by molar-refractivity contribution is -0.120. The highest BCUT2D eigenvalue weighted by Crippen LogP contribution is 2.23. The second-order valence-electron chi connectivity index (χ2n) is 4.34. The summed E-state index contributed by atoms with van der Waals surface area (Å²) in [5.41, 5.74) is 0. The van der Waals surface area contributed by atoms with Gasteiger partial charge in [-0.15, -0.1) is 0 Å². The highest BCUT2D eigenvalue weighted by molar-refractivity contribution is 7.99. The van der Waals surface area contributed by atoms with E-state index < -0.39 is 0 Å². The average Bonchev–Trinajstić information content (AvgIpc) is 2.18. The van der Waals surface area contributed by atoms with E-state index in [9.17, 15) is 4.79 Å². The van der Waals surface area contributed by atoms with Gasteiger partial charge in [0.15, 0.2) is 0 Å². The van der Waals surface area contributed by atoms with E-state index in [1.165, 1.54) is 25.0 Å². The molecule has 1 aliphatic rings. The van der Waals surface area contributed by atoms with Crippen molar-refractivity contribution in [2.75, 3.05) is 18.8 Å². The van der Waals surface area contributed by atoms with Gasteiger partial charge in [-0.05, 0) is 32.4 Å². The van der Waals surface area contributed by atoms with Crippen LogP contribution in [0.4, 0.5) is 0 Å². The summed E-state index contributed by atoms with van der Waals surface area (Å²) in [5.74, 6) is 1.38. The van der Waals surface area contributed by atoms with E-state index in [2.05, 4.69) is 10.6 Å². The van der Waals surface area contributed by atoms with Crippen LogP contribution >= 0.6 is 11.8 Å². The number of rotatable bonds is 5. The maximum Gasteiger partial charge on any atom is 0.234 e. The second kappa shape index (κ2) is 7.12. The van der Waals surface area contributed by atoms with Crippen LogP contribution in [0.2, 0.25) is 0 Å². The molecular weight excluding hydrogens is 208 g/mol. The molecule has 1 aliphatic heterocycles. The van der Waals surface area contributed by atoms with Crippen molar-refractivity contribution in [1.29, 1.82) is 0 Å². The van der Waals surface area contributed by atoms with Crippen molar-refractivity contribution in [2.24, 2.45) is 0 Å². The van der Waals surface area contributed by atoms with Crippen molar-refractivity contribution >= 4 is 17.7 Å². The molecular formula is C11H22N2OS. The number of carbonyl (C=O) groups excluding carboxylic acids is 1. The van der Waals surface area contributed by atoms with Crippen LogP contribution in [-0.2, 0) is 4.79 Å². The third kappa shape index (κ3) is 6.05. The first-order valence-electron chi connectivity index (χ1n) is 5.80. The minimum atomic E-state index is 0.103. The predicted molar refractivity (Wildman–Crippen MR) is 66.2 cm³/mol. The van der Waals surface area contributed by atoms with Crippen LogP contribution in [-0.4, -0.2) is 36.0 Å². The molecule has 1 heterocycles. The Balaban J connectivity index is 2.02. The van der Waals surface area contributed by atoms with Crippen LogP contribution in [0, 0.1) is 0 Å². The fourth-order valence-electron chi connectivity index (χ4n) is 1.69. The highest BCUT2D eigenvalue weighted by Gasteiger charge is 2.13. The Morgan fingerprint density at radius 3 is 2.87 bits per heavy atom.